The van der Waals surface area contributed by atoms with E-state index in [0.29, 0.717) is 25.9 Å². The number of amides is 1. The largest absolute Gasteiger partial charge is 0.370 e. The number of nitrogens with one attached hydrogen (secondary N) is 1. The lowest BCUT2D eigenvalue weighted by molar-refractivity contribution is -0.118. The van der Waals surface area contributed by atoms with Gasteiger partial charge < -0.3 is 11.1 Å². The smallest absolute Gasteiger partial charge is 0.263 e. The Morgan fingerprint density at radius 3 is 2.47 bits per heavy atom. The summed E-state index contributed by atoms with van der Waals surface area (Å²) < 4.78 is 24.5. The molecule has 0 saturated heterocycles. The van der Waals surface area contributed by atoms with Crippen LogP contribution in [0.5, 0.6) is 0 Å². The summed E-state index contributed by atoms with van der Waals surface area (Å²) in [5.74, 6) is -0.312. The molecule has 3 nitrogen and oxygen atoms in total. The average molecular weight is 242 g/mol. The highest BCUT2D eigenvalue weighted by molar-refractivity contribution is 5.73. The van der Waals surface area contributed by atoms with Crippen molar-refractivity contribution in [1.82, 2.24) is 5.32 Å². The van der Waals surface area contributed by atoms with E-state index in [1.165, 1.54) is 12.1 Å². The summed E-state index contributed by atoms with van der Waals surface area (Å²) in [7, 11) is 0. The highest BCUT2D eigenvalue weighted by Gasteiger charge is 2.05. The lowest BCUT2D eigenvalue weighted by Gasteiger charge is -2.05. The molecule has 0 heterocycles. The zero-order chi connectivity index (χ0) is 12.7. The van der Waals surface area contributed by atoms with Crippen LogP contribution in [-0.4, -0.2) is 12.5 Å². The molecule has 5 heteroatoms. The van der Waals surface area contributed by atoms with E-state index in [0.717, 1.165) is 5.56 Å². The van der Waals surface area contributed by atoms with Gasteiger partial charge in [0.25, 0.3) is 6.43 Å². The predicted molar refractivity (Wildman–Crippen MR) is 61.5 cm³/mol. The Labute approximate surface area is 99.0 Å². The van der Waals surface area contributed by atoms with E-state index in [-0.39, 0.29) is 11.5 Å². The number of rotatable bonds is 7. The van der Waals surface area contributed by atoms with E-state index in [2.05, 4.69) is 5.32 Å². The number of benzene rings is 1. The molecule has 0 aliphatic carbocycles. The van der Waals surface area contributed by atoms with Crippen molar-refractivity contribution < 1.29 is 13.6 Å². The SMILES string of the molecule is NC(=O)CCCNCc1ccc(C(F)F)cc1. The second-order valence-electron chi connectivity index (χ2n) is 3.79. The first kappa shape index (κ1) is 13.6. The second kappa shape index (κ2) is 6.96. The molecule has 0 radical (unpaired) electrons. The second-order valence-corrected chi connectivity index (χ2v) is 3.79. The van der Waals surface area contributed by atoms with E-state index in [4.69, 9.17) is 5.73 Å². The number of halogens is 2. The molecule has 0 aliphatic heterocycles. The van der Waals surface area contributed by atoms with Crippen LogP contribution in [0.4, 0.5) is 8.78 Å². The Bertz CT molecular complexity index is 352. The summed E-state index contributed by atoms with van der Waals surface area (Å²) in [5, 5.41) is 3.11. The molecule has 3 N–H and O–H groups in total. The van der Waals surface area contributed by atoms with E-state index in [9.17, 15) is 13.6 Å². The van der Waals surface area contributed by atoms with E-state index < -0.39 is 6.43 Å². The van der Waals surface area contributed by atoms with Gasteiger partial charge in [-0.15, -0.1) is 0 Å². The minimum absolute atomic E-state index is 0.0301. The first-order valence-electron chi connectivity index (χ1n) is 5.45. The Morgan fingerprint density at radius 2 is 1.94 bits per heavy atom. The van der Waals surface area contributed by atoms with Gasteiger partial charge in [-0.3, -0.25) is 4.79 Å². The Kier molecular flexibility index (Phi) is 5.56. The van der Waals surface area contributed by atoms with Crippen LogP contribution in [0.3, 0.4) is 0 Å². The van der Waals surface area contributed by atoms with Crippen LogP contribution in [0.25, 0.3) is 0 Å². The topological polar surface area (TPSA) is 55.1 Å². The maximum absolute atomic E-state index is 12.3. The number of primary amides is 1. The number of carbonyl (C=O) groups excluding carboxylic acids is 1. The lowest BCUT2D eigenvalue weighted by atomic mass is 10.1. The van der Waals surface area contributed by atoms with Crippen molar-refractivity contribution in [3.05, 3.63) is 35.4 Å². The number of nitrogens with two attached hydrogens (primary N) is 1. The van der Waals surface area contributed by atoms with Crippen LogP contribution in [0.2, 0.25) is 0 Å². The Balaban J connectivity index is 2.25. The van der Waals surface area contributed by atoms with Gasteiger partial charge in [-0.05, 0) is 18.5 Å². The number of hydrogen-bond donors (Lipinski definition) is 2. The van der Waals surface area contributed by atoms with Crippen LogP contribution in [0.15, 0.2) is 24.3 Å². The van der Waals surface area contributed by atoms with E-state index >= 15 is 0 Å². The Morgan fingerprint density at radius 1 is 1.29 bits per heavy atom. The molecular formula is C12H16F2N2O. The van der Waals surface area contributed by atoms with Crippen molar-refractivity contribution >= 4 is 5.91 Å². The first-order valence-corrected chi connectivity index (χ1v) is 5.45. The summed E-state index contributed by atoms with van der Waals surface area (Å²) in [6.45, 7) is 1.28. The highest BCUT2D eigenvalue weighted by Crippen LogP contribution is 2.18. The third-order valence-corrected chi connectivity index (χ3v) is 2.34. The molecule has 0 spiro atoms. The molecule has 94 valence electrons. The maximum atomic E-state index is 12.3. The van der Waals surface area contributed by atoms with Crippen LogP contribution < -0.4 is 11.1 Å². The number of carbonyl (C=O) groups is 1. The van der Waals surface area contributed by atoms with Crippen molar-refractivity contribution in [2.45, 2.75) is 25.8 Å². The normalized spacial score (nSPS) is 10.8. The van der Waals surface area contributed by atoms with Crippen molar-refractivity contribution in [3.63, 3.8) is 0 Å². The fraction of sp³-hybridized carbons (Fsp3) is 0.417. The molecule has 1 aromatic rings. The number of alkyl halides is 2. The molecule has 1 aromatic carbocycles. The minimum atomic E-state index is -2.42. The highest BCUT2D eigenvalue weighted by atomic mass is 19.3. The fourth-order valence-corrected chi connectivity index (χ4v) is 1.40. The van der Waals surface area contributed by atoms with Crippen molar-refractivity contribution in [3.8, 4) is 0 Å². The summed E-state index contributed by atoms with van der Waals surface area (Å²) >= 11 is 0. The van der Waals surface area contributed by atoms with Crippen LogP contribution in [0.1, 0.15) is 30.4 Å². The maximum Gasteiger partial charge on any atom is 0.263 e. The van der Waals surface area contributed by atoms with Crippen molar-refractivity contribution in [2.75, 3.05) is 6.54 Å². The molecular weight excluding hydrogens is 226 g/mol. The summed E-state index contributed by atoms with van der Waals surface area (Å²) in [5.41, 5.74) is 5.96. The molecule has 0 atom stereocenters. The molecule has 1 rings (SSSR count). The van der Waals surface area contributed by atoms with Crippen molar-refractivity contribution in [2.24, 2.45) is 5.73 Å². The number of hydrogen-bond acceptors (Lipinski definition) is 2. The van der Waals surface area contributed by atoms with Crippen LogP contribution in [0, 0.1) is 0 Å². The molecule has 0 saturated carbocycles. The van der Waals surface area contributed by atoms with Gasteiger partial charge in [-0.25, -0.2) is 8.78 Å². The van der Waals surface area contributed by atoms with E-state index in [1.807, 2.05) is 0 Å². The fourth-order valence-electron chi connectivity index (χ4n) is 1.40. The standard InChI is InChI=1S/C12H16F2N2O/c13-12(14)10-5-3-9(4-6-10)8-16-7-1-2-11(15)17/h3-6,12,16H,1-2,7-8H2,(H2,15,17). The van der Waals surface area contributed by atoms with Gasteiger partial charge >= 0.3 is 0 Å². The lowest BCUT2D eigenvalue weighted by Crippen LogP contribution is -2.18. The zero-order valence-electron chi connectivity index (χ0n) is 9.46. The molecule has 0 aliphatic rings. The molecule has 0 unspecified atom stereocenters. The predicted octanol–water partition coefficient (Wildman–Crippen LogP) is 1.98. The van der Waals surface area contributed by atoms with Gasteiger partial charge in [-0.2, -0.15) is 0 Å². The molecule has 17 heavy (non-hydrogen) atoms. The van der Waals surface area contributed by atoms with Crippen LogP contribution in [-0.2, 0) is 11.3 Å². The molecule has 1 amide bonds. The minimum Gasteiger partial charge on any atom is -0.370 e. The van der Waals surface area contributed by atoms with Gasteiger partial charge in [0.15, 0.2) is 0 Å². The van der Waals surface area contributed by atoms with Gasteiger partial charge in [0.05, 0.1) is 0 Å². The van der Waals surface area contributed by atoms with E-state index in [1.54, 1.807) is 12.1 Å². The van der Waals surface area contributed by atoms with Gasteiger partial charge in [0.2, 0.25) is 5.91 Å². The molecule has 0 bridgehead atoms. The summed E-state index contributed by atoms with van der Waals surface area (Å²) in [6, 6.07) is 6.18. The Hall–Kier alpha value is -1.49. The molecule has 0 aromatic heterocycles. The quantitative estimate of drug-likeness (QED) is 0.718. The molecule has 0 fully saturated rings. The monoisotopic (exact) mass is 242 g/mol. The van der Waals surface area contributed by atoms with Gasteiger partial charge in [0.1, 0.15) is 0 Å². The summed E-state index contributed by atoms with van der Waals surface area (Å²) in [4.78, 5) is 10.5. The van der Waals surface area contributed by atoms with Gasteiger partial charge in [0, 0.05) is 18.5 Å². The third-order valence-electron chi connectivity index (χ3n) is 2.34. The first-order chi connectivity index (χ1) is 8.09. The van der Waals surface area contributed by atoms with Crippen molar-refractivity contribution in [1.29, 1.82) is 0 Å². The van der Waals surface area contributed by atoms with Crippen LogP contribution >= 0.6 is 0 Å². The summed E-state index contributed by atoms with van der Waals surface area (Å²) in [6.07, 6.45) is -1.38. The van der Waals surface area contributed by atoms with Gasteiger partial charge in [-0.1, -0.05) is 24.3 Å². The average Bonchev–Trinajstić information content (AvgIpc) is 2.29. The zero-order valence-corrected chi connectivity index (χ0v) is 9.46. The third kappa shape index (κ3) is 5.40.